The third-order valence-electron chi connectivity index (χ3n) is 3.56. The van der Waals surface area contributed by atoms with Crippen molar-refractivity contribution in [1.29, 1.82) is 0 Å². The largest absolute Gasteiger partial charge is 0.329 e. The Morgan fingerprint density at radius 3 is 2.35 bits per heavy atom. The molecule has 0 unspecified atom stereocenters. The molecule has 0 saturated heterocycles. The molecule has 1 aliphatic carbocycles. The number of nitrogens with one attached hydrogen (secondary N) is 1. The van der Waals surface area contributed by atoms with Gasteiger partial charge in [0.2, 0.25) is 10.0 Å². The van der Waals surface area contributed by atoms with Gasteiger partial charge in [-0.05, 0) is 30.6 Å². The van der Waals surface area contributed by atoms with Crippen LogP contribution in [-0.4, -0.2) is 27.3 Å². The van der Waals surface area contributed by atoms with Crippen molar-refractivity contribution in [3.63, 3.8) is 0 Å². The molecule has 1 saturated carbocycles. The zero-order valence-corrected chi connectivity index (χ0v) is 11.9. The van der Waals surface area contributed by atoms with Crippen LogP contribution in [0.4, 0.5) is 0 Å². The summed E-state index contributed by atoms with van der Waals surface area (Å²) in [5.74, 6) is 0.650. The molecule has 0 bridgehead atoms. The molecule has 0 atom stereocenters. The average Bonchev–Trinajstić information content (AvgIpc) is 2.63. The summed E-state index contributed by atoms with van der Waals surface area (Å²) in [4.78, 5) is 0. The molecule has 0 aromatic rings. The monoisotopic (exact) mass is 262 g/mol. The first-order chi connectivity index (χ1) is 7.89. The molecule has 0 aromatic heterocycles. The molecule has 0 amide bonds. The van der Waals surface area contributed by atoms with Gasteiger partial charge in [0.05, 0.1) is 5.75 Å². The standard InChI is InChI=1S/C12H26N2O2S/c1-11(2)9-12(5-3-4-6-12)10-14-17(15,16)8-7-13/h11,14H,3-10,13H2,1-2H3. The maximum absolute atomic E-state index is 11.6. The molecule has 1 fully saturated rings. The third kappa shape index (κ3) is 4.94. The summed E-state index contributed by atoms with van der Waals surface area (Å²) in [5.41, 5.74) is 5.48. The van der Waals surface area contributed by atoms with Crippen LogP contribution in [0, 0.1) is 11.3 Å². The number of hydrogen-bond donors (Lipinski definition) is 2. The lowest BCUT2D eigenvalue weighted by Gasteiger charge is -2.31. The van der Waals surface area contributed by atoms with E-state index in [-0.39, 0.29) is 17.7 Å². The molecule has 0 aliphatic heterocycles. The maximum Gasteiger partial charge on any atom is 0.212 e. The highest BCUT2D eigenvalue weighted by Crippen LogP contribution is 2.42. The van der Waals surface area contributed by atoms with Crippen LogP contribution in [0.25, 0.3) is 0 Å². The van der Waals surface area contributed by atoms with E-state index in [0.717, 1.165) is 19.3 Å². The smallest absolute Gasteiger partial charge is 0.212 e. The lowest BCUT2D eigenvalue weighted by Crippen LogP contribution is -2.39. The Kier molecular flexibility index (Phi) is 5.41. The van der Waals surface area contributed by atoms with Gasteiger partial charge in [-0.15, -0.1) is 0 Å². The second-order valence-corrected chi connectivity index (χ2v) is 7.66. The first-order valence-corrected chi connectivity index (χ1v) is 8.22. The average molecular weight is 262 g/mol. The van der Waals surface area contributed by atoms with Gasteiger partial charge >= 0.3 is 0 Å². The van der Waals surface area contributed by atoms with Gasteiger partial charge in [-0.2, -0.15) is 0 Å². The Hall–Kier alpha value is -0.130. The van der Waals surface area contributed by atoms with Crippen LogP contribution in [0.1, 0.15) is 46.0 Å². The van der Waals surface area contributed by atoms with Crippen molar-refractivity contribution in [2.24, 2.45) is 17.1 Å². The normalized spacial score (nSPS) is 20.0. The van der Waals surface area contributed by atoms with Crippen molar-refractivity contribution in [2.45, 2.75) is 46.0 Å². The van der Waals surface area contributed by atoms with Crippen LogP contribution >= 0.6 is 0 Å². The van der Waals surface area contributed by atoms with Crippen LogP contribution in [0.15, 0.2) is 0 Å². The van der Waals surface area contributed by atoms with Crippen LogP contribution in [0.3, 0.4) is 0 Å². The Balaban J connectivity index is 2.56. The number of rotatable bonds is 7. The van der Waals surface area contributed by atoms with E-state index in [1.54, 1.807) is 0 Å². The lowest BCUT2D eigenvalue weighted by atomic mass is 9.79. The van der Waals surface area contributed by atoms with Gasteiger partial charge in [0.25, 0.3) is 0 Å². The van der Waals surface area contributed by atoms with E-state index in [1.165, 1.54) is 12.8 Å². The molecule has 5 heteroatoms. The fraction of sp³-hybridized carbons (Fsp3) is 1.00. The fourth-order valence-electron chi connectivity index (χ4n) is 2.93. The molecule has 0 aromatic carbocycles. The number of hydrogen-bond acceptors (Lipinski definition) is 3. The summed E-state index contributed by atoms with van der Waals surface area (Å²) >= 11 is 0. The molecular formula is C12H26N2O2S. The van der Waals surface area contributed by atoms with Gasteiger partial charge in [0, 0.05) is 13.1 Å². The third-order valence-corrected chi connectivity index (χ3v) is 4.92. The Morgan fingerprint density at radius 1 is 1.29 bits per heavy atom. The summed E-state index contributed by atoms with van der Waals surface area (Å²) in [6, 6.07) is 0. The molecule has 17 heavy (non-hydrogen) atoms. The van der Waals surface area contributed by atoms with Crippen LogP contribution in [0.5, 0.6) is 0 Å². The zero-order chi connectivity index (χ0) is 12.9. The van der Waals surface area contributed by atoms with Gasteiger partial charge in [0.15, 0.2) is 0 Å². The predicted molar refractivity (Wildman–Crippen MR) is 71.2 cm³/mol. The van der Waals surface area contributed by atoms with E-state index >= 15 is 0 Å². The minimum Gasteiger partial charge on any atom is -0.329 e. The summed E-state index contributed by atoms with van der Waals surface area (Å²) in [6.45, 7) is 5.18. The molecule has 0 spiro atoms. The highest BCUT2D eigenvalue weighted by atomic mass is 32.2. The van der Waals surface area contributed by atoms with Gasteiger partial charge in [-0.25, -0.2) is 13.1 Å². The molecule has 1 rings (SSSR count). The van der Waals surface area contributed by atoms with Gasteiger partial charge < -0.3 is 5.73 Å². The second-order valence-electron chi connectivity index (χ2n) is 5.73. The van der Waals surface area contributed by atoms with Crippen molar-refractivity contribution in [3.8, 4) is 0 Å². The van der Waals surface area contributed by atoms with Crippen molar-refractivity contribution < 1.29 is 8.42 Å². The van der Waals surface area contributed by atoms with E-state index in [4.69, 9.17) is 5.73 Å². The molecule has 0 radical (unpaired) electrons. The minimum absolute atomic E-state index is 0.0325. The number of nitrogens with two attached hydrogens (primary N) is 1. The molecular weight excluding hydrogens is 236 g/mol. The van der Waals surface area contributed by atoms with E-state index in [2.05, 4.69) is 18.6 Å². The topological polar surface area (TPSA) is 72.2 Å². The highest BCUT2D eigenvalue weighted by molar-refractivity contribution is 7.89. The van der Waals surface area contributed by atoms with Crippen molar-refractivity contribution in [1.82, 2.24) is 4.72 Å². The molecule has 3 N–H and O–H groups in total. The number of sulfonamides is 1. The SMILES string of the molecule is CC(C)CC1(CNS(=O)(=O)CCN)CCCC1. The Labute approximate surface area is 105 Å². The van der Waals surface area contributed by atoms with E-state index in [0.29, 0.717) is 12.5 Å². The molecule has 0 heterocycles. The first-order valence-electron chi connectivity index (χ1n) is 6.57. The van der Waals surface area contributed by atoms with Gasteiger partial charge in [-0.3, -0.25) is 0 Å². The van der Waals surface area contributed by atoms with Gasteiger partial charge in [-0.1, -0.05) is 26.7 Å². The van der Waals surface area contributed by atoms with Crippen LogP contribution in [-0.2, 0) is 10.0 Å². The van der Waals surface area contributed by atoms with Crippen molar-refractivity contribution in [2.75, 3.05) is 18.8 Å². The second kappa shape index (κ2) is 6.16. The predicted octanol–water partition coefficient (Wildman–Crippen LogP) is 1.47. The van der Waals surface area contributed by atoms with Crippen molar-refractivity contribution in [3.05, 3.63) is 0 Å². The zero-order valence-electron chi connectivity index (χ0n) is 11.0. The quantitative estimate of drug-likeness (QED) is 0.730. The molecule has 102 valence electrons. The molecule has 4 nitrogen and oxygen atoms in total. The van der Waals surface area contributed by atoms with E-state index < -0.39 is 10.0 Å². The Bertz CT molecular complexity index is 319. The highest BCUT2D eigenvalue weighted by Gasteiger charge is 2.35. The van der Waals surface area contributed by atoms with Gasteiger partial charge in [0.1, 0.15) is 0 Å². The Morgan fingerprint density at radius 2 is 1.88 bits per heavy atom. The van der Waals surface area contributed by atoms with E-state index in [1.807, 2.05) is 0 Å². The fourth-order valence-corrected chi connectivity index (χ4v) is 3.92. The summed E-state index contributed by atoms with van der Waals surface area (Å²) in [7, 11) is -3.17. The summed E-state index contributed by atoms with van der Waals surface area (Å²) in [5, 5.41) is 0. The maximum atomic E-state index is 11.6. The lowest BCUT2D eigenvalue weighted by molar-refractivity contribution is 0.236. The van der Waals surface area contributed by atoms with Crippen LogP contribution < -0.4 is 10.5 Å². The summed E-state index contributed by atoms with van der Waals surface area (Å²) in [6.07, 6.45) is 5.86. The summed E-state index contributed by atoms with van der Waals surface area (Å²) < 4.78 is 26.0. The van der Waals surface area contributed by atoms with Crippen molar-refractivity contribution >= 4 is 10.0 Å². The van der Waals surface area contributed by atoms with Crippen LogP contribution in [0.2, 0.25) is 0 Å². The first kappa shape index (κ1) is 14.9. The van der Waals surface area contributed by atoms with E-state index in [9.17, 15) is 8.42 Å². The molecule has 1 aliphatic rings. The minimum atomic E-state index is -3.17.